The number of hydrogen-bond donors (Lipinski definition) is 0. The Hall–Kier alpha value is 0. The molecule has 0 spiro atoms. The second-order valence-electron chi connectivity index (χ2n) is 3.17. The van der Waals surface area contributed by atoms with E-state index in [4.69, 9.17) is 0 Å². The van der Waals surface area contributed by atoms with E-state index in [1.165, 1.54) is 44.9 Å². The van der Waals surface area contributed by atoms with E-state index in [0.717, 1.165) is 6.42 Å². The third kappa shape index (κ3) is 10.0. The first-order chi connectivity index (χ1) is 5.41. The molecule has 0 aromatic rings. The molecule has 0 nitrogen and oxygen atoms in total. The first-order valence-corrected chi connectivity index (χ1v) is 4.99. The van der Waals surface area contributed by atoms with E-state index in [1.807, 2.05) is 0 Å². The SMILES string of the molecule is [CH2]CCCCCCCC[CH]C. The van der Waals surface area contributed by atoms with Crippen LogP contribution in [0, 0.1) is 13.3 Å². The van der Waals surface area contributed by atoms with Crippen molar-refractivity contribution < 1.29 is 0 Å². The van der Waals surface area contributed by atoms with Gasteiger partial charge in [-0.25, -0.2) is 0 Å². The standard InChI is InChI=1S/C11H22/c1-3-5-7-9-11-10-8-6-4-2/h4H,1,3,5-11H2,2H3. The lowest BCUT2D eigenvalue weighted by atomic mass is 10.1. The van der Waals surface area contributed by atoms with Crippen LogP contribution >= 0.6 is 0 Å². The average Bonchev–Trinajstić information content (AvgIpc) is 2.03. The number of rotatable bonds is 8. The Bertz CT molecular complexity index is 49.1. The highest BCUT2D eigenvalue weighted by Gasteiger charge is 1.89. The predicted octanol–water partition coefficient (Wildman–Crippen LogP) is 4.17. The quantitative estimate of drug-likeness (QED) is 0.460. The molecule has 0 aliphatic heterocycles. The highest BCUT2D eigenvalue weighted by molar-refractivity contribution is 4.55. The maximum atomic E-state index is 3.83. The van der Waals surface area contributed by atoms with Crippen molar-refractivity contribution in [3.05, 3.63) is 13.3 Å². The minimum atomic E-state index is 1.11. The summed E-state index contributed by atoms with van der Waals surface area (Å²) >= 11 is 0. The number of hydrogen-bond acceptors (Lipinski definition) is 0. The molecule has 0 aliphatic carbocycles. The summed E-state index contributed by atoms with van der Waals surface area (Å²) in [4.78, 5) is 0. The minimum absolute atomic E-state index is 1.11. The smallest absolute Gasteiger partial charge is 0.0417 e. The molecule has 0 aromatic heterocycles. The predicted molar refractivity (Wildman–Crippen MR) is 52.3 cm³/mol. The van der Waals surface area contributed by atoms with E-state index in [9.17, 15) is 0 Å². The molecule has 0 bridgehead atoms. The van der Waals surface area contributed by atoms with Gasteiger partial charge in [0.1, 0.15) is 0 Å². The zero-order chi connectivity index (χ0) is 8.36. The van der Waals surface area contributed by atoms with Crippen molar-refractivity contribution in [3.8, 4) is 0 Å². The van der Waals surface area contributed by atoms with Crippen molar-refractivity contribution in [3.63, 3.8) is 0 Å². The van der Waals surface area contributed by atoms with Crippen LogP contribution in [0.1, 0.15) is 58.3 Å². The third-order valence-electron chi connectivity index (χ3n) is 1.99. The molecule has 0 fully saturated rings. The first kappa shape index (κ1) is 11.0. The van der Waals surface area contributed by atoms with E-state index < -0.39 is 0 Å². The highest BCUT2D eigenvalue weighted by Crippen LogP contribution is 2.08. The summed E-state index contributed by atoms with van der Waals surface area (Å²) in [6.45, 7) is 5.97. The van der Waals surface area contributed by atoms with Crippen LogP contribution in [0.5, 0.6) is 0 Å². The normalized spacial score (nSPS) is 10.4. The first-order valence-electron chi connectivity index (χ1n) is 4.99. The molecule has 2 radical (unpaired) electrons. The molecule has 0 heterocycles. The van der Waals surface area contributed by atoms with Gasteiger partial charge in [0.25, 0.3) is 0 Å². The average molecular weight is 154 g/mol. The fourth-order valence-electron chi connectivity index (χ4n) is 1.23. The Kier molecular flexibility index (Phi) is 10.0. The topological polar surface area (TPSA) is 0 Å². The molecule has 0 N–H and O–H groups in total. The summed E-state index contributed by atoms with van der Waals surface area (Å²) in [6, 6.07) is 0. The Morgan fingerprint density at radius 3 is 2.00 bits per heavy atom. The molecule has 11 heavy (non-hydrogen) atoms. The lowest BCUT2D eigenvalue weighted by molar-refractivity contribution is 0.595. The van der Waals surface area contributed by atoms with E-state index in [1.54, 1.807) is 0 Å². The number of unbranched alkanes of at least 4 members (excludes halogenated alkanes) is 8. The van der Waals surface area contributed by atoms with Crippen LogP contribution in [-0.4, -0.2) is 0 Å². The molecule has 0 rings (SSSR count). The van der Waals surface area contributed by atoms with Gasteiger partial charge in [-0.15, -0.1) is 0 Å². The third-order valence-corrected chi connectivity index (χ3v) is 1.99. The van der Waals surface area contributed by atoms with Crippen LogP contribution in [0.4, 0.5) is 0 Å². The maximum Gasteiger partial charge on any atom is -0.0417 e. The van der Waals surface area contributed by atoms with Crippen molar-refractivity contribution in [1.82, 2.24) is 0 Å². The van der Waals surface area contributed by atoms with Crippen molar-refractivity contribution in [2.45, 2.75) is 58.3 Å². The van der Waals surface area contributed by atoms with Gasteiger partial charge >= 0.3 is 0 Å². The fraction of sp³-hybridized carbons (Fsp3) is 0.818. The molecule has 0 saturated carbocycles. The molecule has 0 heteroatoms. The summed E-state index contributed by atoms with van der Waals surface area (Å²) in [5.74, 6) is 0. The Balaban J connectivity index is 2.69. The molecule has 0 unspecified atom stereocenters. The van der Waals surface area contributed by atoms with Gasteiger partial charge in [-0.05, 0) is 6.42 Å². The summed E-state index contributed by atoms with van der Waals surface area (Å²) < 4.78 is 0. The van der Waals surface area contributed by atoms with Crippen molar-refractivity contribution in [2.75, 3.05) is 0 Å². The van der Waals surface area contributed by atoms with Gasteiger partial charge in [-0.1, -0.05) is 65.2 Å². The molecule has 66 valence electrons. The van der Waals surface area contributed by atoms with E-state index in [0.29, 0.717) is 0 Å². The van der Waals surface area contributed by atoms with Gasteiger partial charge in [0.15, 0.2) is 0 Å². The Labute approximate surface area is 72.4 Å². The molecule has 0 aliphatic rings. The van der Waals surface area contributed by atoms with Crippen molar-refractivity contribution in [2.24, 2.45) is 0 Å². The molecular weight excluding hydrogens is 132 g/mol. The van der Waals surface area contributed by atoms with Gasteiger partial charge in [0.05, 0.1) is 0 Å². The molecule has 0 amide bonds. The lowest BCUT2D eigenvalue weighted by Crippen LogP contribution is -1.79. The Morgan fingerprint density at radius 2 is 1.45 bits per heavy atom. The van der Waals surface area contributed by atoms with Crippen LogP contribution < -0.4 is 0 Å². The van der Waals surface area contributed by atoms with Crippen LogP contribution in [0.15, 0.2) is 0 Å². The van der Waals surface area contributed by atoms with Crippen LogP contribution in [0.25, 0.3) is 0 Å². The van der Waals surface area contributed by atoms with Gasteiger partial charge in [-0.3, -0.25) is 0 Å². The van der Waals surface area contributed by atoms with Gasteiger partial charge in [0, 0.05) is 0 Å². The second-order valence-corrected chi connectivity index (χ2v) is 3.17. The van der Waals surface area contributed by atoms with E-state index >= 15 is 0 Å². The molecule has 0 aromatic carbocycles. The maximum absolute atomic E-state index is 3.83. The Morgan fingerprint density at radius 1 is 0.909 bits per heavy atom. The van der Waals surface area contributed by atoms with E-state index in [-0.39, 0.29) is 0 Å². The monoisotopic (exact) mass is 154 g/mol. The summed E-state index contributed by atoms with van der Waals surface area (Å²) in [6.07, 6.45) is 13.0. The fourth-order valence-corrected chi connectivity index (χ4v) is 1.23. The van der Waals surface area contributed by atoms with Gasteiger partial charge in [-0.2, -0.15) is 0 Å². The lowest BCUT2D eigenvalue weighted by Gasteiger charge is -1.98. The van der Waals surface area contributed by atoms with Crippen molar-refractivity contribution >= 4 is 0 Å². The summed E-state index contributed by atoms with van der Waals surface area (Å²) in [7, 11) is 0. The van der Waals surface area contributed by atoms with Crippen LogP contribution in [0.3, 0.4) is 0 Å². The molecule has 0 atom stereocenters. The molecule has 0 saturated heterocycles. The zero-order valence-corrected chi connectivity index (χ0v) is 7.94. The van der Waals surface area contributed by atoms with Crippen molar-refractivity contribution in [1.29, 1.82) is 0 Å². The van der Waals surface area contributed by atoms with E-state index in [2.05, 4.69) is 20.3 Å². The highest BCUT2D eigenvalue weighted by atomic mass is 13.9. The zero-order valence-electron chi connectivity index (χ0n) is 7.94. The van der Waals surface area contributed by atoms with Crippen LogP contribution in [-0.2, 0) is 0 Å². The van der Waals surface area contributed by atoms with Crippen LogP contribution in [0.2, 0.25) is 0 Å². The minimum Gasteiger partial charge on any atom is -0.0623 e. The van der Waals surface area contributed by atoms with Gasteiger partial charge in [0.2, 0.25) is 0 Å². The summed E-state index contributed by atoms with van der Waals surface area (Å²) in [5.41, 5.74) is 0. The molecular formula is C11H22. The van der Waals surface area contributed by atoms with Gasteiger partial charge < -0.3 is 0 Å². The largest absolute Gasteiger partial charge is 0.0623 e. The summed E-state index contributed by atoms with van der Waals surface area (Å²) in [5, 5.41) is 0. The second kappa shape index (κ2) is 10.0.